The molecule has 3 N–H and O–H groups in total. The molecule has 0 spiro atoms. The molecule has 150 valence electrons. The number of aromatic carboxylic acids is 1. The highest BCUT2D eigenvalue weighted by molar-refractivity contribution is 6.09. The molecule has 0 saturated heterocycles. The van der Waals surface area contributed by atoms with Crippen LogP contribution in [0.1, 0.15) is 33.2 Å². The summed E-state index contributed by atoms with van der Waals surface area (Å²) in [5, 5.41) is 14.6. The minimum Gasteiger partial charge on any atom is -0.478 e. The fraction of sp³-hybridized carbons (Fsp3) is 0.0417. The summed E-state index contributed by atoms with van der Waals surface area (Å²) in [6, 6.07) is 22.1. The van der Waals surface area contributed by atoms with Crippen molar-refractivity contribution in [3.05, 3.63) is 101 Å². The van der Waals surface area contributed by atoms with E-state index in [0.29, 0.717) is 11.3 Å². The lowest BCUT2D eigenvalue weighted by molar-refractivity contribution is -0.112. The van der Waals surface area contributed by atoms with Gasteiger partial charge < -0.3 is 15.7 Å². The van der Waals surface area contributed by atoms with E-state index in [0.717, 1.165) is 5.56 Å². The first-order valence-corrected chi connectivity index (χ1v) is 9.22. The fourth-order valence-corrected chi connectivity index (χ4v) is 2.81. The Morgan fingerprint density at radius 3 is 2.27 bits per heavy atom. The number of carbonyl (C=O) groups is 3. The Morgan fingerprint density at radius 1 is 0.833 bits per heavy atom. The number of para-hydroxylation sites is 1. The Labute approximate surface area is 173 Å². The molecule has 0 aliphatic carbocycles. The van der Waals surface area contributed by atoms with Gasteiger partial charge in [-0.3, -0.25) is 9.59 Å². The molecule has 2 amide bonds. The van der Waals surface area contributed by atoms with E-state index in [1.54, 1.807) is 43.3 Å². The van der Waals surface area contributed by atoms with Crippen molar-refractivity contribution in [1.29, 1.82) is 0 Å². The number of benzene rings is 3. The molecular weight excluding hydrogens is 380 g/mol. The van der Waals surface area contributed by atoms with E-state index in [9.17, 15) is 19.5 Å². The average molecular weight is 400 g/mol. The van der Waals surface area contributed by atoms with Crippen LogP contribution in [0.3, 0.4) is 0 Å². The Morgan fingerprint density at radius 2 is 1.53 bits per heavy atom. The zero-order chi connectivity index (χ0) is 21.5. The predicted octanol–water partition coefficient (Wildman–Crippen LogP) is 4.68. The fourth-order valence-electron chi connectivity index (χ4n) is 2.81. The smallest absolute Gasteiger partial charge is 0.337 e. The van der Waals surface area contributed by atoms with Gasteiger partial charge in [0.1, 0.15) is 0 Å². The van der Waals surface area contributed by atoms with Gasteiger partial charge in [-0.25, -0.2) is 4.79 Å². The maximum absolute atomic E-state index is 12.6. The molecular formula is C24H20N2O4. The summed E-state index contributed by atoms with van der Waals surface area (Å²) in [7, 11) is 0. The third-order valence-corrected chi connectivity index (χ3v) is 4.33. The van der Waals surface area contributed by atoms with Crippen LogP contribution in [0, 0.1) is 0 Å². The number of hydrogen-bond donors (Lipinski definition) is 3. The lowest BCUT2D eigenvalue weighted by Crippen LogP contribution is -2.16. The lowest BCUT2D eigenvalue weighted by Gasteiger charge is -2.10. The van der Waals surface area contributed by atoms with Crippen molar-refractivity contribution < 1.29 is 19.5 Å². The van der Waals surface area contributed by atoms with Gasteiger partial charge in [0.05, 0.1) is 11.3 Å². The minimum atomic E-state index is -1.13. The van der Waals surface area contributed by atoms with Crippen LogP contribution < -0.4 is 10.6 Å². The molecule has 0 bridgehead atoms. The summed E-state index contributed by atoms with van der Waals surface area (Å²) < 4.78 is 0. The van der Waals surface area contributed by atoms with Gasteiger partial charge in [-0.15, -0.1) is 0 Å². The standard InChI is InChI=1S/C24H20N2O4/c1-16(14-17-8-3-2-4-9-17)22(27)25-19-11-7-10-18(15-19)23(28)26-21-13-6-5-12-20(21)24(29)30/h2-15H,1H3,(H,25,27)(H,26,28)(H,29,30). The third kappa shape index (κ3) is 5.20. The molecule has 0 atom stereocenters. The maximum atomic E-state index is 12.6. The molecule has 0 fully saturated rings. The second kappa shape index (κ2) is 9.34. The van der Waals surface area contributed by atoms with Crippen molar-refractivity contribution in [1.82, 2.24) is 0 Å². The van der Waals surface area contributed by atoms with Crippen LogP contribution in [0.4, 0.5) is 11.4 Å². The highest BCUT2D eigenvalue weighted by atomic mass is 16.4. The van der Waals surface area contributed by atoms with Gasteiger partial charge >= 0.3 is 5.97 Å². The van der Waals surface area contributed by atoms with E-state index in [1.165, 1.54) is 18.2 Å². The number of nitrogens with one attached hydrogen (secondary N) is 2. The summed E-state index contributed by atoms with van der Waals surface area (Å²) in [4.78, 5) is 36.3. The quantitative estimate of drug-likeness (QED) is 0.524. The number of carbonyl (C=O) groups excluding carboxylic acids is 2. The van der Waals surface area contributed by atoms with Gasteiger partial charge in [-0.1, -0.05) is 48.5 Å². The Balaban J connectivity index is 1.73. The summed E-state index contributed by atoms with van der Waals surface area (Å²) in [6.07, 6.45) is 1.77. The first-order chi connectivity index (χ1) is 14.4. The van der Waals surface area contributed by atoms with E-state index in [4.69, 9.17) is 0 Å². The zero-order valence-corrected chi connectivity index (χ0v) is 16.3. The molecule has 6 heteroatoms. The van der Waals surface area contributed by atoms with E-state index in [-0.39, 0.29) is 22.7 Å². The molecule has 0 radical (unpaired) electrons. The van der Waals surface area contributed by atoms with Gasteiger partial charge in [0.15, 0.2) is 0 Å². The molecule has 3 rings (SSSR count). The van der Waals surface area contributed by atoms with Crippen LogP contribution in [-0.2, 0) is 4.79 Å². The van der Waals surface area contributed by atoms with E-state index >= 15 is 0 Å². The van der Waals surface area contributed by atoms with Crippen molar-refractivity contribution in [2.75, 3.05) is 10.6 Å². The van der Waals surface area contributed by atoms with Crippen molar-refractivity contribution in [2.24, 2.45) is 0 Å². The number of amides is 2. The number of hydrogen-bond acceptors (Lipinski definition) is 3. The Bertz CT molecular complexity index is 1120. The Hall–Kier alpha value is -4.19. The molecule has 0 aromatic heterocycles. The number of carboxylic acid groups (broad SMARTS) is 1. The normalized spacial score (nSPS) is 10.9. The largest absolute Gasteiger partial charge is 0.478 e. The topological polar surface area (TPSA) is 95.5 Å². The van der Waals surface area contributed by atoms with Crippen LogP contribution >= 0.6 is 0 Å². The van der Waals surface area contributed by atoms with Crippen LogP contribution in [0.2, 0.25) is 0 Å². The van der Waals surface area contributed by atoms with Gasteiger partial charge in [-0.2, -0.15) is 0 Å². The molecule has 0 aliphatic rings. The summed E-state index contributed by atoms with van der Waals surface area (Å²) in [5.41, 5.74) is 2.38. The molecule has 0 saturated carbocycles. The zero-order valence-electron chi connectivity index (χ0n) is 16.3. The second-order valence-electron chi connectivity index (χ2n) is 6.58. The lowest BCUT2D eigenvalue weighted by atomic mass is 10.1. The Kier molecular flexibility index (Phi) is 6.39. The van der Waals surface area contributed by atoms with Crippen molar-refractivity contribution >= 4 is 35.2 Å². The maximum Gasteiger partial charge on any atom is 0.337 e. The van der Waals surface area contributed by atoms with Crippen molar-refractivity contribution in [2.45, 2.75) is 6.92 Å². The van der Waals surface area contributed by atoms with Crippen molar-refractivity contribution in [3.8, 4) is 0 Å². The first-order valence-electron chi connectivity index (χ1n) is 9.22. The molecule has 6 nitrogen and oxygen atoms in total. The SMILES string of the molecule is CC(=Cc1ccccc1)C(=O)Nc1cccc(C(=O)Nc2ccccc2C(=O)O)c1. The highest BCUT2D eigenvalue weighted by Gasteiger charge is 2.14. The molecule has 0 heterocycles. The number of rotatable bonds is 6. The van der Waals surface area contributed by atoms with Crippen LogP contribution in [-0.4, -0.2) is 22.9 Å². The van der Waals surface area contributed by atoms with Gasteiger partial charge in [0.25, 0.3) is 11.8 Å². The highest BCUT2D eigenvalue weighted by Crippen LogP contribution is 2.18. The van der Waals surface area contributed by atoms with Gasteiger partial charge in [0, 0.05) is 16.8 Å². The molecule has 3 aromatic rings. The first kappa shape index (κ1) is 20.5. The van der Waals surface area contributed by atoms with Crippen LogP contribution in [0.25, 0.3) is 6.08 Å². The average Bonchev–Trinajstić information content (AvgIpc) is 2.75. The van der Waals surface area contributed by atoms with Crippen molar-refractivity contribution in [3.63, 3.8) is 0 Å². The number of anilines is 2. The van der Waals surface area contributed by atoms with Crippen LogP contribution in [0.15, 0.2) is 84.4 Å². The molecule has 0 aliphatic heterocycles. The third-order valence-electron chi connectivity index (χ3n) is 4.33. The van der Waals surface area contributed by atoms with E-state index in [2.05, 4.69) is 10.6 Å². The summed E-state index contributed by atoms with van der Waals surface area (Å²) in [6.45, 7) is 1.71. The second-order valence-corrected chi connectivity index (χ2v) is 6.58. The van der Waals surface area contributed by atoms with Crippen LogP contribution in [0.5, 0.6) is 0 Å². The molecule has 3 aromatic carbocycles. The van der Waals surface area contributed by atoms with Gasteiger partial charge in [0.2, 0.25) is 0 Å². The molecule has 30 heavy (non-hydrogen) atoms. The summed E-state index contributed by atoms with van der Waals surface area (Å²) >= 11 is 0. The predicted molar refractivity (Wildman–Crippen MR) is 117 cm³/mol. The van der Waals surface area contributed by atoms with E-state index < -0.39 is 11.9 Å². The minimum absolute atomic E-state index is 0.00280. The summed E-state index contributed by atoms with van der Waals surface area (Å²) in [5.74, 6) is -1.89. The van der Waals surface area contributed by atoms with Gasteiger partial charge in [-0.05, 0) is 48.9 Å². The van der Waals surface area contributed by atoms with E-state index in [1.807, 2.05) is 30.3 Å². The number of carboxylic acids is 1. The molecule has 0 unspecified atom stereocenters. The monoisotopic (exact) mass is 400 g/mol.